The average molecular weight is 343 g/mol. The average Bonchev–Trinajstić information content (AvgIpc) is 2.62. The molecule has 2 aromatic carbocycles. The summed E-state index contributed by atoms with van der Waals surface area (Å²) in [6, 6.07) is 14.0. The van der Waals surface area contributed by atoms with Gasteiger partial charge in [-0.05, 0) is 61.3 Å². The van der Waals surface area contributed by atoms with E-state index in [0.29, 0.717) is 0 Å². The van der Waals surface area contributed by atoms with E-state index >= 15 is 0 Å². The lowest BCUT2D eigenvalue weighted by molar-refractivity contribution is 0.249. The molecule has 1 atom stereocenters. The second-order valence-electron chi connectivity index (χ2n) is 6.05. The minimum absolute atomic E-state index is 0.717. The first kappa shape index (κ1) is 17.2. The molecule has 0 saturated carbocycles. The Kier molecular flexibility index (Phi) is 5.69. The number of benzene rings is 2. The third-order valence-electron chi connectivity index (χ3n) is 4.57. The maximum Gasteiger partial charge on any atom is 0.119 e. The highest BCUT2D eigenvalue weighted by molar-refractivity contribution is 7.85. The number of nitrogens with zero attached hydrogens (tertiary/aromatic N) is 1. The third kappa shape index (κ3) is 3.70. The van der Waals surface area contributed by atoms with Gasteiger partial charge in [-0.25, -0.2) is 4.21 Å². The maximum absolute atomic E-state index is 12.7. The molecule has 0 bridgehead atoms. The van der Waals surface area contributed by atoms with Crippen LogP contribution in [0.1, 0.15) is 31.4 Å². The van der Waals surface area contributed by atoms with Crippen LogP contribution in [0.15, 0.2) is 52.3 Å². The minimum Gasteiger partial charge on any atom is -0.494 e. The van der Waals surface area contributed by atoms with Gasteiger partial charge in [0.2, 0.25) is 0 Å². The van der Waals surface area contributed by atoms with E-state index in [9.17, 15) is 4.21 Å². The molecule has 128 valence electrons. The lowest BCUT2D eigenvalue weighted by Crippen LogP contribution is -2.25. The molecule has 0 N–H and O–H groups in total. The fourth-order valence-electron chi connectivity index (χ4n) is 3.14. The van der Waals surface area contributed by atoms with Crippen molar-refractivity contribution in [1.82, 2.24) is 4.90 Å². The Morgan fingerprint density at radius 1 is 1.04 bits per heavy atom. The number of ether oxygens (including phenoxy) is 1. The smallest absolute Gasteiger partial charge is 0.119 e. The van der Waals surface area contributed by atoms with Gasteiger partial charge in [0.1, 0.15) is 5.75 Å². The first-order valence-corrected chi connectivity index (χ1v) is 9.85. The van der Waals surface area contributed by atoms with Crippen LogP contribution in [0.25, 0.3) is 0 Å². The molecule has 1 aliphatic rings. The molecule has 3 nitrogen and oxygen atoms in total. The summed E-state index contributed by atoms with van der Waals surface area (Å²) in [7, 11) is -1.08. The molecular formula is C20H25NO2S. The molecule has 4 heteroatoms. The molecule has 0 spiro atoms. The summed E-state index contributed by atoms with van der Waals surface area (Å²) in [5.41, 5.74) is 2.27. The molecule has 0 amide bonds. The van der Waals surface area contributed by atoms with Gasteiger partial charge in [0.15, 0.2) is 0 Å². The zero-order chi connectivity index (χ0) is 16.9. The summed E-state index contributed by atoms with van der Waals surface area (Å²) in [5, 5.41) is 0. The lowest BCUT2D eigenvalue weighted by atomic mass is 10.0. The van der Waals surface area contributed by atoms with Crippen LogP contribution in [-0.4, -0.2) is 35.3 Å². The second kappa shape index (κ2) is 7.95. The molecule has 3 rings (SSSR count). The predicted molar refractivity (Wildman–Crippen MR) is 98.3 cm³/mol. The highest BCUT2D eigenvalue weighted by Gasteiger charge is 2.21. The quantitative estimate of drug-likeness (QED) is 0.610. The van der Waals surface area contributed by atoms with Gasteiger partial charge in [0.05, 0.1) is 17.4 Å². The third-order valence-corrected chi connectivity index (χ3v) is 6.16. The van der Waals surface area contributed by atoms with Gasteiger partial charge in [-0.3, -0.25) is 0 Å². The number of fused-ring (bicyclic) bond motifs is 2. The molecule has 2 aromatic rings. The van der Waals surface area contributed by atoms with E-state index in [0.717, 1.165) is 65.8 Å². The molecule has 24 heavy (non-hydrogen) atoms. The summed E-state index contributed by atoms with van der Waals surface area (Å²) in [5.74, 6) is 0.879. The van der Waals surface area contributed by atoms with Crippen molar-refractivity contribution < 1.29 is 8.95 Å². The summed E-state index contributed by atoms with van der Waals surface area (Å²) in [6.07, 6.45) is 1.85. The SMILES string of the molecule is CCN(CC)CCCOc1ccc2c(c1)Cc1ccccc1S2=O. The topological polar surface area (TPSA) is 29.5 Å². The Morgan fingerprint density at radius 2 is 1.79 bits per heavy atom. The Morgan fingerprint density at radius 3 is 2.58 bits per heavy atom. The summed E-state index contributed by atoms with van der Waals surface area (Å²) in [6.45, 7) is 8.32. The van der Waals surface area contributed by atoms with Gasteiger partial charge < -0.3 is 9.64 Å². The zero-order valence-electron chi connectivity index (χ0n) is 14.5. The number of hydrogen-bond acceptors (Lipinski definition) is 3. The highest BCUT2D eigenvalue weighted by atomic mass is 32.2. The van der Waals surface area contributed by atoms with E-state index in [1.165, 1.54) is 0 Å². The standard InChI is InChI=1S/C20H25NO2S/c1-3-21(4-2)12-7-13-23-18-10-11-20-17(15-18)14-16-8-5-6-9-19(16)24(20)22/h5-6,8-11,15H,3-4,7,12-14H2,1-2H3. The van der Waals surface area contributed by atoms with E-state index in [1.807, 2.05) is 30.3 Å². The van der Waals surface area contributed by atoms with Crippen LogP contribution in [0.5, 0.6) is 5.75 Å². The van der Waals surface area contributed by atoms with Crippen molar-refractivity contribution in [3.8, 4) is 5.75 Å². The van der Waals surface area contributed by atoms with Gasteiger partial charge in [-0.2, -0.15) is 0 Å². The summed E-state index contributed by atoms with van der Waals surface area (Å²) >= 11 is 0. The van der Waals surface area contributed by atoms with Crippen LogP contribution in [0.2, 0.25) is 0 Å². The summed E-state index contributed by atoms with van der Waals surface area (Å²) in [4.78, 5) is 4.26. The Balaban J connectivity index is 1.64. The monoisotopic (exact) mass is 343 g/mol. The van der Waals surface area contributed by atoms with Crippen molar-refractivity contribution in [2.75, 3.05) is 26.2 Å². The van der Waals surface area contributed by atoms with Crippen LogP contribution in [-0.2, 0) is 17.2 Å². The molecule has 1 aliphatic heterocycles. The number of rotatable bonds is 7. The fourth-order valence-corrected chi connectivity index (χ4v) is 4.52. The van der Waals surface area contributed by atoms with Gasteiger partial charge in [0, 0.05) is 16.3 Å². The first-order chi connectivity index (χ1) is 11.7. The second-order valence-corrected chi connectivity index (χ2v) is 7.47. The molecular weight excluding hydrogens is 318 g/mol. The molecule has 0 saturated heterocycles. The predicted octanol–water partition coefficient (Wildman–Crippen LogP) is 3.87. The molecule has 0 aliphatic carbocycles. The Bertz CT molecular complexity index is 725. The van der Waals surface area contributed by atoms with Crippen molar-refractivity contribution in [2.24, 2.45) is 0 Å². The summed E-state index contributed by atoms with van der Waals surface area (Å²) < 4.78 is 18.6. The van der Waals surface area contributed by atoms with E-state index < -0.39 is 10.8 Å². The van der Waals surface area contributed by atoms with Crippen molar-refractivity contribution in [2.45, 2.75) is 36.5 Å². The molecule has 1 unspecified atom stereocenters. The normalized spacial score (nSPS) is 15.9. The van der Waals surface area contributed by atoms with Crippen LogP contribution < -0.4 is 4.74 Å². The van der Waals surface area contributed by atoms with Crippen molar-refractivity contribution >= 4 is 10.8 Å². The molecule has 0 aromatic heterocycles. The Hall–Kier alpha value is -1.65. The molecule has 0 fully saturated rings. The number of hydrogen-bond donors (Lipinski definition) is 0. The van der Waals surface area contributed by atoms with Crippen LogP contribution >= 0.6 is 0 Å². The van der Waals surface area contributed by atoms with Gasteiger partial charge in [-0.15, -0.1) is 0 Å². The van der Waals surface area contributed by atoms with Crippen molar-refractivity contribution in [3.05, 3.63) is 53.6 Å². The maximum atomic E-state index is 12.7. The highest BCUT2D eigenvalue weighted by Crippen LogP contribution is 2.33. The van der Waals surface area contributed by atoms with Crippen molar-refractivity contribution in [1.29, 1.82) is 0 Å². The van der Waals surface area contributed by atoms with Crippen LogP contribution in [0.3, 0.4) is 0 Å². The minimum atomic E-state index is -1.08. The van der Waals surface area contributed by atoms with E-state index in [1.54, 1.807) is 0 Å². The van der Waals surface area contributed by atoms with Crippen molar-refractivity contribution in [3.63, 3.8) is 0 Å². The van der Waals surface area contributed by atoms with E-state index in [-0.39, 0.29) is 0 Å². The van der Waals surface area contributed by atoms with E-state index in [2.05, 4.69) is 30.9 Å². The Labute approximate surface area is 147 Å². The van der Waals surface area contributed by atoms with E-state index in [4.69, 9.17) is 4.74 Å². The fraction of sp³-hybridized carbons (Fsp3) is 0.400. The van der Waals surface area contributed by atoms with Crippen LogP contribution in [0.4, 0.5) is 0 Å². The zero-order valence-corrected chi connectivity index (χ0v) is 15.3. The molecule has 0 radical (unpaired) electrons. The van der Waals surface area contributed by atoms with Gasteiger partial charge in [0.25, 0.3) is 0 Å². The first-order valence-electron chi connectivity index (χ1n) is 8.70. The van der Waals surface area contributed by atoms with Gasteiger partial charge in [-0.1, -0.05) is 32.0 Å². The lowest BCUT2D eigenvalue weighted by Gasteiger charge is -2.20. The largest absolute Gasteiger partial charge is 0.494 e. The molecule has 1 heterocycles. The van der Waals surface area contributed by atoms with Crippen LogP contribution in [0, 0.1) is 0 Å². The van der Waals surface area contributed by atoms with Gasteiger partial charge >= 0.3 is 0 Å².